The van der Waals surface area contributed by atoms with Gasteiger partial charge in [0.15, 0.2) is 11.5 Å². The van der Waals surface area contributed by atoms with Gasteiger partial charge >= 0.3 is 0 Å². The van der Waals surface area contributed by atoms with Gasteiger partial charge in [-0.3, -0.25) is 4.79 Å². The Morgan fingerprint density at radius 2 is 2.00 bits per heavy atom. The van der Waals surface area contributed by atoms with Gasteiger partial charge in [-0.1, -0.05) is 0 Å². The van der Waals surface area contributed by atoms with Crippen LogP contribution < -0.4 is 14.8 Å². The molecule has 1 aromatic carbocycles. The van der Waals surface area contributed by atoms with Gasteiger partial charge in [0, 0.05) is 31.3 Å². The molecule has 0 radical (unpaired) electrons. The fourth-order valence-electron chi connectivity index (χ4n) is 3.52. The highest BCUT2D eigenvalue weighted by molar-refractivity contribution is 5.95. The van der Waals surface area contributed by atoms with Crippen LogP contribution in [0.3, 0.4) is 0 Å². The molecule has 2 saturated heterocycles. The molecule has 6 heteroatoms. The maximum atomic E-state index is 12.5. The number of carbonyl (C=O) groups is 1. The van der Waals surface area contributed by atoms with Crippen LogP contribution in [0.5, 0.6) is 11.5 Å². The van der Waals surface area contributed by atoms with Gasteiger partial charge in [-0.05, 0) is 51.3 Å². The second-order valence-electron chi connectivity index (χ2n) is 7.35. The topological polar surface area (TPSA) is 60.0 Å². The van der Waals surface area contributed by atoms with Crippen molar-refractivity contribution in [2.45, 2.75) is 51.3 Å². The molecule has 26 heavy (non-hydrogen) atoms. The first kappa shape index (κ1) is 19.0. The van der Waals surface area contributed by atoms with Crippen molar-refractivity contribution in [1.29, 1.82) is 0 Å². The summed E-state index contributed by atoms with van der Waals surface area (Å²) in [4.78, 5) is 15.0. The van der Waals surface area contributed by atoms with Gasteiger partial charge in [-0.2, -0.15) is 0 Å². The molecule has 0 saturated carbocycles. The van der Waals surface area contributed by atoms with Crippen LogP contribution in [-0.4, -0.2) is 62.4 Å². The molecule has 1 unspecified atom stereocenters. The summed E-state index contributed by atoms with van der Waals surface area (Å²) in [5.41, 5.74) is 0.590. The van der Waals surface area contributed by atoms with Gasteiger partial charge in [0.05, 0.1) is 19.8 Å². The molecule has 1 N–H and O–H groups in total. The Labute approximate surface area is 155 Å². The van der Waals surface area contributed by atoms with E-state index in [9.17, 15) is 4.79 Å². The fourth-order valence-corrected chi connectivity index (χ4v) is 3.52. The maximum Gasteiger partial charge on any atom is 0.251 e. The number of benzene rings is 1. The number of likely N-dealkylation sites (tertiary alicyclic amines) is 1. The van der Waals surface area contributed by atoms with Gasteiger partial charge in [0.2, 0.25) is 0 Å². The van der Waals surface area contributed by atoms with Crippen molar-refractivity contribution in [1.82, 2.24) is 10.2 Å². The van der Waals surface area contributed by atoms with Crippen LogP contribution in [0.15, 0.2) is 18.2 Å². The van der Waals surface area contributed by atoms with E-state index in [4.69, 9.17) is 14.2 Å². The van der Waals surface area contributed by atoms with Crippen LogP contribution in [0.2, 0.25) is 0 Å². The highest BCUT2D eigenvalue weighted by Crippen LogP contribution is 2.31. The number of rotatable bonds is 6. The summed E-state index contributed by atoms with van der Waals surface area (Å²) in [6.45, 7) is 7.80. The number of carbonyl (C=O) groups excluding carboxylic acids is 1. The lowest BCUT2D eigenvalue weighted by atomic mass is 10.1. The molecule has 0 aliphatic carbocycles. The minimum Gasteiger partial charge on any atom is -0.493 e. The fraction of sp³-hybridized carbons (Fsp3) is 0.650. The van der Waals surface area contributed by atoms with Crippen LogP contribution in [0.4, 0.5) is 0 Å². The van der Waals surface area contributed by atoms with E-state index in [2.05, 4.69) is 24.1 Å². The zero-order valence-corrected chi connectivity index (χ0v) is 16.0. The van der Waals surface area contributed by atoms with Crippen LogP contribution >= 0.6 is 0 Å². The van der Waals surface area contributed by atoms with Gasteiger partial charge in [0.1, 0.15) is 6.10 Å². The number of hydrogen-bond acceptors (Lipinski definition) is 5. The lowest BCUT2D eigenvalue weighted by Crippen LogP contribution is -2.41. The average Bonchev–Trinajstić information content (AvgIpc) is 3.15. The van der Waals surface area contributed by atoms with Gasteiger partial charge in [0.25, 0.3) is 5.91 Å². The van der Waals surface area contributed by atoms with E-state index < -0.39 is 0 Å². The van der Waals surface area contributed by atoms with Crippen LogP contribution in [0.1, 0.15) is 43.5 Å². The van der Waals surface area contributed by atoms with Crippen LogP contribution in [0.25, 0.3) is 0 Å². The zero-order valence-electron chi connectivity index (χ0n) is 16.0. The summed E-state index contributed by atoms with van der Waals surface area (Å²) in [6, 6.07) is 6.03. The second-order valence-corrected chi connectivity index (χ2v) is 7.35. The predicted molar refractivity (Wildman–Crippen MR) is 100 cm³/mol. The minimum atomic E-state index is -0.0948. The molecule has 2 aliphatic heterocycles. The normalized spacial score (nSPS) is 21.8. The smallest absolute Gasteiger partial charge is 0.251 e. The molecule has 2 aliphatic rings. The first-order chi connectivity index (χ1) is 12.6. The molecule has 144 valence electrons. The number of methoxy groups -OCH3 is 1. The molecular formula is C20H30N2O4. The highest BCUT2D eigenvalue weighted by atomic mass is 16.5. The molecule has 1 aromatic rings. The van der Waals surface area contributed by atoms with Crippen LogP contribution in [0, 0.1) is 0 Å². The Morgan fingerprint density at radius 1 is 1.23 bits per heavy atom. The summed E-state index contributed by atoms with van der Waals surface area (Å²) < 4.78 is 17.0. The van der Waals surface area contributed by atoms with Crippen molar-refractivity contribution in [2.24, 2.45) is 0 Å². The van der Waals surface area contributed by atoms with E-state index >= 15 is 0 Å². The minimum absolute atomic E-state index is 0.0920. The molecule has 0 spiro atoms. The summed E-state index contributed by atoms with van der Waals surface area (Å²) in [7, 11) is 1.62. The quantitative estimate of drug-likeness (QED) is 0.842. The molecule has 6 nitrogen and oxygen atoms in total. The predicted octanol–water partition coefficient (Wildman–Crippen LogP) is 2.47. The summed E-state index contributed by atoms with van der Waals surface area (Å²) >= 11 is 0. The van der Waals surface area contributed by atoms with Gasteiger partial charge in [-0.25, -0.2) is 0 Å². The number of nitrogens with one attached hydrogen (secondary N) is 1. The molecule has 3 rings (SSSR count). The third-order valence-corrected chi connectivity index (χ3v) is 5.19. The first-order valence-corrected chi connectivity index (χ1v) is 9.54. The summed E-state index contributed by atoms with van der Waals surface area (Å²) in [5, 5.41) is 3.01. The molecule has 0 bridgehead atoms. The zero-order chi connectivity index (χ0) is 18.5. The van der Waals surface area contributed by atoms with E-state index in [0.717, 1.165) is 32.4 Å². The molecule has 1 atom stereocenters. The second kappa shape index (κ2) is 8.73. The Kier molecular flexibility index (Phi) is 6.38. The third-order valence-electron chi connectivity index (χ3n) is 5.19. The number of hydrogen-bond donors (Lipinski definition) is 1. The van der Waals surface area contributed by atoms with Crippen molar-refractivity contribution >= 4 is 5.91 Å². The van der Waals surface area contributed by atoms with Crippen molar-refractivity contribution in [3.63, 3.8) is 0 Å². The van der Waals surface area contributed by atoms with Gasteiger partial charge in [-0.15, -0.1) is 0 Å². The Bertz CT molecular complexity index is 606. The van der Waals surface area contributed by atoms with E-state index in [1.54, 1.807) is 25.3 Å². The lowest BCUT2D eigenvalue weighted by molar-refractivity contribution is 0.0818. The van der Waals surface area contributed by atoms with Crippen molar-refractivity contribution in [3.8, 4) is 11.5 Å². The van der Waals surface area contributed by atoms with E-state index in [-0.39, 0.29) is 18.1 Å². The Balaban J connectivity index is 1.65. The Hall–Kier alpha value is -1.79. The molecule has 1 amide bonds. The number of ether oxygens (including phenoxy) is 3. The average molecular weight is 362 g/mol. The number of piperidine rings is 1. The van der Waals surface area contributed by atoms with E-state index in [1.807, 2.05) is 0 Å². The number of nitrogens with zero attached hydrogens (tertiary/aromatic N) is 1. The van der Waals surface area contributed by atoms with Crippen LogP contribution in [-0.2, 0) is 4.74 Å². The molecular weight excluding hydrogens is 332 g/mol. The SMILES string of the molecule is COc1ccc(C(=O)NC2CCOC2)cc1OC1CCN(C(C)C)CC1. The number of amides is 1. The molecule has 2 heterocycles. The molecule has 0 aromatic heterocycles. The molecule has 2 fully saturated rings. The van der Waals surface area contributed by atoms with E-state index in [0.29, 0.717) is 36.3 Å². The van der Waals surface area contributed by atoms with Crippen molar-refractivity contribution < 1.29 is 19.0 Å². The van der Waals surface area contributed by atoms with Crippen molar-refractivity contribution in [3.05, 3.63) is 23.8 Å². The maximum absolute atomic E-state index is 12.5. The van der Waals surface area contributed by atoms with Crippen molar-refractivity contribution in [2.75, 3.05) is 33.4 Å². The first-order valence-electron chi connectivity index (χ1n) is 9.54. The standard InChI is InChI=1S/C20H30N2O4/c1-14(2)22-9-6-17(7-10-22)26-19-12-15(4-5-18(19)24-3)20(23)21-16-8-11-25-13-16/h4-5,12,14,16-17H,6-11,13H2,1-3H3,(H,21,23). The highest BCUT2D eigenvalue weighted by Gasteiger charge is 2.24. The summed E-state index contributed by atoms with van der Waals surface area (Å²) in [6.07, 6.45) is 2.98. The lowest BCUT2D eigenvalue weighted by Gasteiger charge is -2.34. The third kappa shape index (κ3) is 4.68. The Morgan fingerprint density at radius 3 is 2.62 bits per heavy atom. The monoisotopic (exact) mass is 362 g/mol. The van der Waals surface area contributed by atoms with Gasteiger partial charge < -0.3 is 24.4 Å². The summed E-state index contributed by atoms with van der Waals surface area (Å²) in [5.74, 6) is 1.21. The van der Waals surface area contributed by atoms with E-state index in [1.165, 1.54) is 0 Å². The largest absolute Gasteiger partial charge is 0.493 e.